The molecule has 2 heterocycles. The average Bonchev–Trinajstić information content (AvgIpc) is 3.51. The zero-order valence-electron chi connectivity index (χ0n) is 18.3. The highest BCUT2D eigenvalue weighted by Gasteiger charge is 2.24. The van der Waals surface area contributed by atoms with E-state index in [0.29, 0.717) is 30.1 Å². The van der Waals surface area contributed by atoms with Gasteiger partial charge in [0, 0.05) is 18.7 Å². The zero-order chi connectivity index (χ0) is 24.1. The third kappa shape index (κ3) is 5.76. The van der Waals surface area contributed by atoms with Gasteiger partial charge >= 0.3 is 0 Å². The van der Waals surface area contributed by atoms with Crippen LogP contribution in [0.2, 0.25) is 0 Å². The molecule has 3 aromatic rings. The Hall–Kier alpha value is -3.35. The van der Waals surface area contributed by atoms with Crippen molar-refractivity contribution in [3.63, 3.8) is 0 Å². The average molecular weight is 502 g/mol. The summed E-state index contributed by atoms with van der Waals surface area (Å²) in [5.41, 5.74) is 1.69. The van der Waals surface area contributed by atoms with Gasteiger partial charge in [-0.25, -0.2) is 0 Å². The number of nitrogens with zero attached hydrogens (tertiary/aromatic N) is 2. The van der Waals surface area contributed by atoms with E-state index in [2.05, 4.69) is 25.6 Å². The number of hydrogen-bond donors (Lipinski definition) is 3. The summed E-state index contributed by atoms with van der Waals surface area (Å²) in [4.78, 5) is 25.0. The Labute approximate surface area is 200 Å². The second-order valence-corrected chi connectivity index (χ2v) is 10.5. The molecule has 0 spiro atoms. The molecule has 0 saturated carbocycles. The molecule has 1 aromatic heterocycles. The molecule has 12 heteroatoms. The minimum atomic E-state index is -4.15. The summed E-state index contributed by atoms with van der Waals surface area (Å²) < 4.78 is 33.3. The van der Waals surface area contributed by atoms with Crippen LogP contribution in [0.3, 0.4) is 0 Å². The number of ether oxygens (including phenoxy) is 1. The first kappa shape index (κ1) is 23.8. The lowest BCUT2D eigenvalue weighted by atomic mass is 10.1. The number of carbonyl (C=O) groups excluding carboxylic acids is 2. The highest BCUT2D eigenvalue weighted by atomic mass is 32.2. The van der Waals surface area contributed by atoms with Gasteiger partial charge in [-0.3, -0.25) is 19.6 Å². The molecule has 3 N–H and O–H groups in total. The first-order chi connectivity index (χ1) is 16.3. The van der Waals surface area contributed by atoms with Crippen molar-refractivity contribution in [1.82, 2.24) is 15.5 Å². The van der Waals surface area contributed by atoms with E-state index >= 15 is 0 Å². The topological polar surface area (TPSA) is 139 Å². The minimum absolute atomic E-state index is 0.0357. The van der Waals surface area contributed by atoms with E-state index < -0.39 is 21.8 Å². The molecule has 4 rings (SSSR count). The smallest absolute Gasteiger partial charge is 0.291 e. The van der Waals surface area contributed by atoms with E-state index in [1.54, 1.807) is 36.4 Å². The number of rotatable bonds is 8. The van der Waals surface area contributed by atoms with Gasteiger partial charge in [0.05, 0.1) is 17.4 Å². The molecule has 1 fully saturated rings. The van der Waals surface area contributed by atoms with Crippen molar-refractivity contribution in [1.29, 1.82) is 0 Å². The Bertz CT molecular complexity index is 1290. The van der Waals surface area contributed by atoms with Crippen molar-refractivity contribution in [2.45, 2.75) is 30.2 Å². The normalized spacial score (nSPS) is 15.6. The van der Waals surface area contributed by atoms with Crippen molar-refractivity contribution in [2.24, 2.45) is 0 Å². The molecule has 0 aliphatic carbocycles. The lowest BCUT2D eigenvalue weighted by Crippen LogP contribution is -2.32. The van der Waals surface area contributed by atoms with Crippen LogP contribution in [0.25, 0.3) is 0 Å². The van der Waals surface area contributed by atoms with E-state index in [1.165, 1.54) is 12.1 Å². The molecule has 1 unspecified atom stereocenters. The van der Waals surface area contributed by atoms with Crippen LogP contribution < -0.4 is 15.4 Å². The van der Waals surface area contributed by atoms with Crippen molar-refractivity contribution in [2.75, 3.05) is 23.2 Å². The highest BCUT2D eigenvalue weighted by Crippen LogP contribution is 2.25. The summed E-state index contributed by atoms with van der Waals surface area (Å²) in [6, 6.07) is 13.2. The molecule has 1 atom stereocenters. The van der Waals surface area contributed by atoms with Gasteiger partial charge in [-0.2, -0.15) is 8.42 Å². The fourth-order valence-corrected chi connectivity index (χ4v) is 5.28. The Morgan fingerprint density at radius 2 is 1.85 bits per heavy atom. The van der Waals surface area contributed by atoms with E-state index in [1.807, 2.05) is 6.92 Å². The monoisotopic (exact) mass is 501 g/mol. The largest absolute Gasteiger partial charge is 0.376 e. The fraction of sp³-hybridized carbons (Fsp3) is 0.273. The first-order valence-electron chi connectivity index (χ1n) is 10.5. The number of anilines is 2. The fourth-order valence-electron chi connectivity index (χ4n) is 3.31. The lowest BCUT2D eigenvalue weighted by molar-refractivity contribution is 0.0858. The Morgan fingerprint density at radius 3 is 2.59 bits per heavy atom. The summed E-state index contributed by atoms with van der Waals surface area (Å²) in [6.45, 7) is 2.93. The molecule has 2 aromatic carbocycles. The molecule has 178 valence electrons. The maximum atomic E-state index is 12.9. The highest BCUT2D eigenvalue weighted by molar-refractivity contribution is 7.94. The van der Waals surface area contributed by atoms with Crippen molar-refractivity contribution in [3.05, 3.63) is 65.2 Å². The second-order valence-electron chi connectivity index (χ2n) is 7.69. The number of benzene rings is 2. The summed E-state index contributed by atoms with van der Waals surface area (Å²) in [6.07, 6.45) is 1.78. The number of aromatic nitrogens is 2. The van der Waals surface area contributed by atoms with E-state index in [0.717, 1.165) is 18.4 Å². The van der Waals surface area contributed by atoms with Crippen LogP contribution in [0, 0.1) is 6.92 Å². The van der Waals surface area contributed by atoms with Crippen LogP contribution in [0.5, 0.6) is 0 Å². The summed E-state index contributed by atoms with van der Waals surface area (Å²) in [5, 5.41) is 12.8. The van der Waals surface area contributed by atoms with Gasteiger partial charge in [0.25, 0.3) is 26.2 Å². The molecular formula is C22H23N5O5S2. The predicted molar refractivity (Wildman–Crippen MR) is 128 cm³/mol. The molecule has 34 heavy (non-hydrogen) atoms. The van der Waals surface area contributed by atoms with Crippen molar-refractivity contribution >= 4 is 44.0 Å². The lowest BCUT2D eigenvalue weighted by Gasteiger charge is -2.13. The number of sulfonamides is 1. The molecule has 0 radical (unpaired) electrons. The van der Waals surface area contributed by atoms with Gasteiger partial charge < -0.3 is 10.1 Å². The number of nitrogens with one attached hydrogen (secondary N) is 3. The maximum absolute atomic E-state index is 12.9. The van der Waals surface area contributed by atoms with Gasteiger partial charge in [-0.1, -0.05) is 41.2 Å². The third-order valence-electron chi connectivity index (χ3n) is 5.10. The van der Waals surface area contributed by atoms with Crippen molar-refractivity contribution in [3.8, 4) is 0 Å². The van der Waals surface area contributed by atoms with Crippen LogP contribution >= 0.6 is 11.3 Å². The maximum Gasteiger partial charge on any atom is 0.291 e. The minimum Gasteiger partial charge on any atom is -0.376 e. The van der Waals surface area contributed by atoms with Crippen LogP contribution in [0.4, 0.5) is 10.8 Å². The van der Waals surface area contributed by atoms with E-state index in [4.69, 9.17) is 4.74 Å². The number of para-hydroxylation sites is 1. The zero-order valence-corrected chi connectivity index (χ0v) is 19.9. The standard InChI is InChI=1S/C22H23N5O5S2/c1-14-8-10-15(11-9-14)19(28)24-21-25-26-22(33-21)34(30,31)27-18-7-3-2-6-17(18)20(29)23-13-16-5-4-12-32-16/h2-3,6-11,16,27H,4-5,12-13H2,1H3,(H,23,29)(H,24,25,28). The first-order valence-corrected chi connectivity index (χ1v) is 12.8. The second kappa shape index (κ2) is 10.3. The SMILES string of the molecule is Cc1ccc(C(=O)Nc2nnc(S(=O)(=O)Nc3ccccc3C(=O)NCC3CCCO3)s2)cc1. The van der Waals surface area contributed by atoms with Crippen LogP contribution in [0.1, 0.15) is 39.1 Å². The van der Waals surface area contributed by atoms with Crippen LogP contribution in [0.15, 0.2) is 52.9 Å². The number of amides is 2. The number of aryl methyl sites for hydroxylation is 1. The summed E-state index contributed by atoms with van der Waals surface area (Å²) >= 11 is 0.705. The third-order valence-corrected chi connectivity index (χ3v) is 7.67. The molecule has 1 aliphatic rings. The summed E-state index contributed by atoms with van der Waals surface area (Å²) in [7, 11) is -4.15. The Morgan fingerprint density at radius 1 is 1.09 bits per heavy atom. The van der Waals surface area contributed by atoms with E-state index in [-0.39, 0.29) is 26.8 Å². The van der Waals surface area contributed by atoms with E-state index in [9.17, 15) is 18.0 Å². The summed E-state index contributed by atoms with van der Waals surface area (Å²) in [5.74, 6) is -0.849. The van der Waals surface area contributed by atoms with Gasteiger partial charge in [0.1, 0.15) is 0 Å². The molecule has 0 bridgehead atoms. The van der Waals surface area contributed by atoms with Crippen LogP contribution in [-0.2, 0) is 14.8 Å². The Kier molecular flexibility index (Phi) is 7.20. The quantitative estimate of drug-likeness (QED) is 0.403. The van der Waals surface area contributed by atoms with Gasteiger partial charge in [-0.05, 0) is 44.0 Å². The number of hydrogen-bond acceptors (Lipinski definition) is 8. The molecule has 1 aliphatic heterocycles. The molecule has 1 saturated heterocycles. The van der Waals surface area contributed by atoms with Gasteiger partial charge in [0.15, 0.2) is 0 Å². The van der Waals surface area contributed by atoms with Gasteiger partial charge in [-0.15, -0.1) is 10.2 Å². The Balaban J connectivity index is 1.44. The van der Waals surface area contributed by atoms with Crippen molar-refractivity contribution < 1.29 is 22.7 Å². The molecule has 2 amide bonds. The predicted octanol–water partition coefficient (Wildman–Crippen LogP) is 2.81. The molecule has 10 nitrogen and oxygen atoms in total. The van der Waals surface area contributed by atoms with Gasteiger partial charge in [0.2, 0.25) is 5.13 Å². The molecular weight excluding hydrogens is 478 g/mol. The number of carbonyl (C=O) groups is 2. The van der Waals surface area contributed by atoms with Crippen LogP contribution in [-0.4, -0.2) is 49.7 Å².